The van der Waals surface area contributed by atoms with E-state index in [0.717, 1.165) is 6.42 Å². The van der Waals surface area contributed by atoms with Crippen LogP contribution in [-0.4, -0.2) is 36.4 Å². The first-order valence-electron chi connectivity index (χ1n) is 5.41. The predicted molar refractivity (Wildman–Crippen MR) is 59.6 cm³/mol. The fourth-order valence-corrected chi connectivity index (χ4v) is 1.10. The highest BCUT2D eigenvalue weighted by Crippen LogP contribution is 2.12. The minimum absolute atomic E-state index is 0.0369. The molecule has 1 unspecified atom stereocenters. The number of ether oxygens (including phenoxy) is 1. The zero-order chi connectivity index (χ0) is 11.9. The topological polar surface area (TPSA) is 58.6 Å². The molecule has 4 nitrogen and oxygen atoms in total. The highest BCUT2D eigenvalue weighted by molar-refractivity contribution is 5.76. The molecule has 0 aliphatic rings. The number of hydrogen-bond acceptors (Lipinski definition) is 3. The van der Waals surface area contributed by atoms with E-state index in [2.05, 4.69) is 5.32 Å². The van der Waals surface area contributed by atoms with Crippen molar-refractivity contribution < 1.29 is 14.6 Å². The number of carbonyl (C=O) groups excluding carboxylic acids is 1. The maximum atomic E-state index is 11.4. The molecule has 1 atom stereocenters. The summed E-state index contributed by atoms with van der Waals surface area (Å²) < 4.78 is 5.15. The van der Waals surface area contributed by atoms with E-state index >= 15 is 0 Å². The van der Waals surface area contributed by atoms with Crippen LogP contribution in [0.2, 0.25) is 0 Å². The number of aliphatic hydroxyl groups is 1. The molecule has 0 bridgehead atoms. The second-order valence-electron chi connectivity index (χ2n) is 4.34. The van der Waals surface area contributed by atoms with Crippen molar-refractivity contribution in [3.05, 3.63) is 0 Å². The zero-order valence-electron chi connectivity index (χ0n) is 10.2. The van der Waals surface area contributed by atoms with Gasteiger partial charge in [0.05, 0.1) is 18.1 Å². The van der Waals surface area contributed by atoms with Crippen molar-refractivity contribution in [1.29, 1.82) is 0 Å². The van der Waals surface area contributed by atoms with E-state index in [0.29, 0.717) is 19.4 Å². The summed E-state index contributed by atoms with van der Waals surface area (Å²) in [4.78, 5) is 11.4. The largest absolute Gasteiger partial charge is 0.393 e. The van der Waals surface area contributed by atoms with Crippen LogP contribution >= 0.6 is 0 Å². The number of hydrogen-bond donors (Lipinski definition) is 2. The van der Waals surface area contributed by atoms with Gasteiger partial charge in [-0.05, 0) is 26.7 Å². The van der Waals surface area contributed by atoms with Gasteiger partial charge in [-0.25, -0.2) is 0 Å². The van der Waals surface area contributed by atoms with Crippen molar-refractivity contribution in [2.24, 2.45) is 0 Å². The molecule has 0 rings (SSSR count). The Morgan fingerprint density at radius 1 is 1.53 bits per heavy atom. The van der Waals surface area contributed by atoms with E-state index in [1.54, 1.807) is 7.11 Å². The van der Waals surface area contributed by atoms with Crippen molar-refractivity contribution in [3.63, 3.8) is 0 Å². The average Bonchev–Trinajstić information content (AvgIpc) is 2.16. The van der Waals surface area contributed by atoms with Gasteiger partial charge in [0.25, 0.3) is 0 Å². The molecule has 0 fully saturated rings. The lowest BCUT2D eigenvalue weighted by atomic mass is 10.0. The highest BCUT2D eigenvalue weighted by atomic mass is 16.5. The van der Waals surface area contributed by atoms with Crippen molar-refractivity contribution in [3.8, 4) is 0 Å². The minimum Gasteiger partial charge on any atom is -0.393 e. The SMILES string of the molecule is CCC(O)CCNC(=O)CC(C)(C)OC. The normalized spacial score (nSPS) is 13.7. The molecule has 90 valence electrons. The van der Waals surface area contributed by atoms with Gasteiger partial charge in [-0.1, -0.05) is 6.92 Å². The Labute approximate surface area is 92.0 Å². The molecule has 0 heterocycles. The van der Waals surface area contributed by atoms with Gasteiger partial charge in [-0.2, -0.15) is 0 Å². The van der Waals surface area contributed by atoms with Crippen LogP contribution in [0.4, 0.5) is 0 Å². The maximum absolute atomic E-state index is 11.4. The second kappa shape index (κ2) is 6.80. The molecule has 2 N–H and O–H groups in total. The van der Waals surface area contributed by atoms with Crippen molar-refractivity contribution in [1.82, 2.24) is 5.32 Å². The first kappa shape index (κ1) is 14.4. The van der Waals surface area contributed by atoms with Crippen LogP contribution in [-0.2, 0) is 9.53 Å². The Hall–Kier alpha value is -0.610. The molecular formula is C11H23NO3. The molecule has 4 heteroatoms. The Kier molecular flexibility index (Phi) is 6.52. The Balaban J connectivity index is 3.67. The summed E-state index contributed by atoms with van der Waals surface area (Å²) in [6, 6.07) is 0. The van der Waals surface area contributed by atoms with E-state index in [9.17, 15) is 9.90 Å². The molecular weight excluding hydrogens is 194 g/mol. The van der Waals surface area contributed by atoms with Gasteiger partial charge < -0.3 is 15.2 Å². The molecule has 0 aromatic carbocycles. The van der Waals surface area contributed by atoms with E-state index in [4.69, 9.17) is 4.74 Å². The van der Waals surface area contributed by atoms with Crippen LogP contribution in [0.5, 0.6) is 0 Å². The van der Waals surface area contributed by atoms with Crippen molar-refractivity contribution >= 4 is 5.91 Å². The smallest absolute Gasteiger partial charge is 0.222 e. The molecule has 1 amide bonds. The first-order valence-corrected chi connectivity index (χ1v) is 5.41. The average molecular weight is 217 g/mol. The van der Waals surface area contributed by atoms with Gasteiger partial charge in [0.1, 0.15) is 0 Å². The van der Waals surface area contributed by atoms with Crippen LogP contribution in [0, 0.1) is 0 Å². The predicted octanol–water partition coefficient (Wildman–Crippen LogP) is 1.08. The fraction of sp³-hybridized carbons (Fsp3) is 0.909. The van der Waals surface area contributed by atoms with Gasteiger partial charge >= 0.3 is 0 Å². The first-order chi connectivity index (χ1) is 6.91. The third-order valence-corrected chi connectivity index (χ3v) is 2.41. The van der Waals surface area contributed by atoms with Gasteiger partial charge in [-0.3, -0.25) is 4.79 Å². The summed E-state index contributed by atoms with van der Waals surface area (Å²) in [5, 5.41) is 12.0. The third kappa shape index (κ3) is 7.33. The quantitative estimate of drug-likeness (QED) is 0.671. The summed E-state index contributed by atoms with van der Waals surface area (Å²) in [5.41, 5.74) is -0.423. The monoisotopic (exact) mass is 217 g/mol. The second-order valence-corrected chi connectivity index (χ2v) is 4.34. The molecule has 0 saturated heterocycles. The number of amides is 1. The van der Waals surface area contributed by atoms with Crippen LogP contribution < -0.4 is 5.32 Å². The highest BCUT2D eigenvalue weighted by Gasteiger charge is 2.20. The number of nitrogens with one attached hydrogen (secondary N) is 1. The van der Waals surface area contributed by atoms with Crippen molar-refractivity contribution in [2.45, 2.75) is 51.7 Å². The molecule has 0 aromatic rings. The van der Waals surface area contributed by atoms with Crippen LogP contribution in [0.1, 0.15) is 40.0 Å². The molecule has 0 radical (unpaired) electrons. The fourth-order valence-electron chi connectivity index (χ4n) is 1.10. The summed E-state index contributed by atoms with van der Waals surface area (Å²) in [6.07, 6.45) is 1.35. The lowest BCUT2D eigenvalue weighted by Crippen LogP contribution is -2.34. The maximum Gasteiger partial charge on any atom is 0.222 e. The summed E-state index contributed by atoms with van der Waals surface area (Å²) in [5.74, 6) is -0.0369. The molecule has 0 aliphatic heterocycles. The van der Waals surface area contributed by atoms with Gasteiger partial charge in [0.15, 0.2) is 0 Å². The number of rotatable bonds is 7. The summed E-state index contributed by atoms with van der Waals surface area (Å²) in [6.45, 7) is 6.18. The van der Waals surface area contributed by atoms with Gasteiger partial charge in [0, 0.05) is 13.7 Å². The third-order valence-electron chi connectivity index (χ3n) is 2.41. The van der Waals surface area contributed by atoms with E-state index < -0.39 is 5.60 Å². The molecule has 15 heavy (non-hydrogen) atoms. The van der Waals surface area contributed by atoms with Crippen LogP contribution in [0.3, 0.4) is 0 Å². The van der Waals surface area contributed by atoms with Crippen LogP contribution in [0.25, 0.3) is 0 Å². The summed E-state index contributed by atoms with van der Waals surface area (Å²) in [7, 11) is 1.59. The standard InChI is InChI=1S/C11H23NO3/c1-5-9(13)6-7-12-10(14)8-11(2,3)15-4/h9,13H,5-8H2,1-4H3,(H,12,14). The molecule has 0 spiro atoms. The molecule has 0 aromatic heterocycles. The van der Waals surface area contributed by atoms with Gasteiger partial charge in [0.2, 0.25) is 5.91 Å². The Bertz CT molecular complexity index is 192. The number of methoxy groups -OCH3 is 1. The zero-order valence-corrected chi connectivity index (χ0v) is 10.2. The summed E-state index contributed by atoms with van der Waals surface area (Å²) >= 11 is 0. The van der Waals surface area contributed by atoms with Gasteiger partial charge in [-0.15, -0.1) is 0 Å². The minimum atomic E-state index is -0.423. The number of aliphatic hydroxyl groups excluding tert-OH is 1. The molecule has 0 aliphatic carbocycles. The van der Waals surface area contributed by atoms with Crippen molar-refractivity contribution in [2.75, 3.05) is 13.7 Å². The Morgan fingerprint density at radius 2 is 2.13 bits per heavy atom. The molecule has 0 saturated carbocycles. The Morgan fingerprint density at radius 3 is 2.60 bits per heavy atom. The lowest BCUT2D eigenvalue weighted by molar-refractivity contribution is -0.126. The number of carbonyl (C=O) groups is 1. The van der Waals surface area contributed by atoms with E-state index in [1.165, 1.54) is 0 Å². The van der Waals surface area contributed by atoms with E-state index in [-0.39, 0.29) is 12.0 Å². The lowest BCUT2D eigenvalue weighted by Gasteiger charge is -2.22. The van der Waals surface area contributed by atoms with Crippen LogP contribution in [0.15, 0.2) is 0 Å². The van der Waals surface area contributed by atoms with E-state index in [1.807, 2.05) is 20.8 Å².